The Bertz CT molecular complexity index is 2800. The number of aromatic nitrogens is 1. The highest BCUT2D eigenvalue weighted by Crippen LogP contribution is 2.61. The zero-order chi connectivity index (χ0) is 34.4. The van der Waals surface area contributed by atoms with E-state index in [1.807, 2.05) is 0 Å². The molecule has 248 valence electrons. The van der Waals surface area contributed by atoms with Crippen LogP contribution < -0.4 is 15.9 Å². The molecule has 0 radical (unpaired) electrons. The maximum absolute atomic E-state index is 4.00. The van der Waals surface area contributed by atoms with Crippen LogP contribution in [0, 0.1) is 0 Å². The first-order valence-electron chi connectivity index (χ1n) is 18.7. The van der Waals surface area contributed by atoms with Crippen molar-refractivity contribution in [1.29, 1.82) is 0 Å². The van der Waals surface area contributed by atoms with Crippen LogP contribution in [0.15, 0.2) is 163 Å². The molecule has 1 aromatic heterocycles. The molecule has 0 bridgehead atoms. The summed E-state index contributed by atoms with van der Waals surface area (Å²) in [7, 11) is 0. The van der Waals surface area contributed by atoms with Crippen molar-refractivity contribution in [3.63, 3.8) is 0 Å². The third-order valence-corrected chi connectivity index (χ3v) is 12.3. The second-order valence-corrected chi connectivity index (χ2v) is 14.7. The number of benzene rings is 6. The van der Waals surface area contributed by atoms with Gasteiger partial charge < -0.3 is 9.88 Å². The fraction of sp³-hybridized carbons (Fsp3) is 0.120. The van der Waals surface area contributed by atoms with Crippen LogP contribution in [0.1, 0.15) is 59.2 Å². The summed E-state index contributed by atoms with van der Waals surface area (Å²) >= 11 is 0. The second-order valence-electron chi connectivity index (χ2n) is 14.7. The van der Waals surface area contributed by atoms with Crippen LogP contribution in [-0.4, -0.2) is 11.1 Å². The number of fused-ring (bicyclic) bond motifs is 12. The third-order valence-electron chi connectivity index (χ3n) is 12.3. The molecular formula is C50H38N2. The zero-order valence-electron chi connectivity index (χ0n) is 29.2. The lowest BCUT2D eigenvalue weighted by Gasteiger charge is -2.41. The van der Waals surface area contributed by atoms with E-state index in [4.69, 9.17) is 0 Å². The highest BCUT2D eigenvalue weighted by Gasteiger charge is 2.51. The van der Waals surface area contributed by atoms with Gasteiger partial charge in [-0.2, -0.15) is 0 Å². The molecule has 0 amide bonds. The Balaban J connectivity index is 1.22. The first kappa shape index (κ1) is 29.7. The summed E-state index contributed by atoms with van der Waals surface area (Å²) in [5.74, 6) is 0. The number of para-hydroxylation sites is 2. The molecule has 1 N–H and O–H groups in total. The van der Waals surface area contributed by atoms with Crippen LogP contribution >= 0.6 is 0 Å². The van der Waals surface area contributed by atoms with Gasteiger partial charge in [-0.25, -0.2) is 0 Å². The van der Waals surface area contributed by atoms with Gasteiger partial charge >= 0.3 is 0 Å². The Labute approximate surface area is 304 Å². The summed E-state index contributed by atoms with van der Waals surface area (Å²) in [4.78, 5) is 0. The Kier molecular flexibility index (Phi) is 6.45. The molecule has 2 heteroatoms. The van der Waals surface area contributed by atoms with E-state index in [1.54, 1.807) is 0 Å². The van der Waals surface area contributed by atoms with E-state index in [9.17, 15) is 0 Å². The van der Waals surface area contributed by atoms with Gasteiger partial charge in [0.1, 0.15) is 0 Å². The molecular weight excluding hydrogens is 629 g/mol. The Morgan fingerprint density at radius 2 is 1.35 bits per heavy atom. The van der Waals surface area contributed by atoms with Gasteiger partial charge in [-0.3, -0.25) is 0 Å². The molecule has 2 aliphatic carbocycles. The molecule has 2 nitrogen and oxygen atoms in total. The molecule has 2 aliphatic heterocycles. The summed E-state index contributed by atoms with van der Waals surface area (Å²) in [6.45, 7) is 3.11. The summed E-state index contributed by atoms with van der Waals surface area (Å²) < 4.78 is 2.57. The highest BCUT2D eigenvalue weighted by atomic mass is 15.0. The molecule has 1 spiro atoms. The van der Waals surface area contributed by atoms with Crippen molar-refractivity contribution in [2.45, 2.75) is 31.2 Å². The molecule has 0 fully saturated rings. The minimum atomic E-state index is -0.386. The first-order chi connectivity index (χ1) is 25.7. The minimum Gasteiger partial charge on any atom is -0.309 e. The van der Waals surface area contributed by atoms with Gasteiger partial charge in [-0.1, -0.05) is 152 Å². The molecule has 52 heavy (non-hydrogen) atoms. The van der Waals surface area contributed by atoms with Gasteiger partial charge in [-0.05, 0) is 98.7 Å². The normalized spacial score (nSPS) is 19.8. The van der Waals surface area contributed by atoms with Crippen LogP contribution in [0.4, 0.5) is 0 Å². The van der Waals surface area contributed by atoms with Crippen molar-refractivity contribution in [1.82, 2.24) is 9.88 Å². The number of hydrogen-bond donors (Lipinski definition) is 1. The minimum absolute atomic E-state index is 0.0962. The molecule has 7 aromatic rings. The fourth-order valence-electron chi connectivity index (χ4n) is 10.2. The Morgan fingerprint density at radius 3 is 2.21 bits per heavy atom. The van der Waals surface area contributed by atoms with Crippen molar-refractivity contribution in [3.8, 4) is 16.8 Å². The molecule has 6 aromatic carbocycles. The van der Waals surface area contributed by atoms with Crippen LogP contribution in [0.2, 0.25) is 0 Å². The standard InChI is InChI=1S/C50H38N2/c1-32-39(33-16-4-2-5-17-33)30-45(34-18-6-3-7-19-34)51-31-40(32)36-22-14-26-43-48(36)38-21-8-10-24-41(38)50(43)42-25-11-13-29-47(42)52-46-28-12-9-20-35(46)37-23-15-27-44(50)49(37)52/h2-14,16-26,28-30,45,51H,15,27,31H2,1H3. The molecule has 2 atom stereocenters. The molecule has 2 unspecified atom stereocenters. The van der Waals surface area contributed by atoms with Crippen LogP contribution in [-0.2, 0) is 5.41 Å². The fourth-order valence-corrected chi connectivity index (χ4v) is 10.2. The van der Waals surface area contributed by atoms with E-state index in [-0.39, 0.29) is 11.5 Å². The van der Waals surface area contributed by atoms with Gasteiger partial charge in [0.2, 0.25) is 0 Å². The molecule has 0 saturated carbocycles. The monoisotopic (exact) mass is 666 g/mol. The molecule has 0 saturated heterocycles. The van der Waals surface area contributed by atoms with E-state index in [1.165, 1.54) is 94.0 Å². The predicted molar refractivity (Wildman–Crippen MR) is 216 cm³/mol. The summed E-state index contributed by atoms with van der Waals surface area (Å²) in [6, 6.07) is 56.6. The van der Waals surface area contributed by atoms with Crippen molar-refractivity contribution >= 4 is 33.7 Å². The van der Waals surface area contributed by atoms with Crippen LogP contribution in [0.3, 0.4) is 0 Å². The molecule has 4 aliphatic rings. The number of rotatable bonds is 3. The summed E-state index contributed by atoms with van der Waals surface area (Å²) in [5, 5.41) is 8.13. The van der Waals surface area contributed by atoms with Crippen molar-refractivity contribution in [2.24, 2.45) is 0 Å². The lowest BCUT2D eigenvalue weighted by molar-refractivity contribution is 0.682. The van der Waals surface area contributed by atoms with Gasteiger partial charge in [0, 0.05) is 17.1 Å². The van der Waals surface area contributed by atoms with E-state index >= 15 is 0 Å². The number of allylic oxidation sites excluding steroid dienone is 2. The third kappa shape index (κ3) is 3.93. The lowest BCUT2D eigenvalue weighted by atomic mass is 9.63. The molecule has 3 heterocycles. The summed E-state index contributed by atoms with van der Waals surface area (Å²) in [5.41, 5.74) is 18.5. The number of nitrogens with zero attached hydrogens (tertiary/aromatic N) is 1. The van der Waals surface area contributed by atoms with Crippen molar-refractivity contribution in [3.05, 3.63) is 207 Å². The van der Waals surface area contributed by atoms with Crippen LogP contribution in [0.5, 0.6) is 0 Å². The van der Waals surface area contributed by atoms with Crippen LogP contribution in [0.25, 0.3) is 50.5 Å². The van der Waals surface area contributed by atoms with E-state index in [0.29, 0.717) is 0 Å². The van der Waals surface area contributed by atoms with E-state index in [2.05, 4.69) is 181 Å². The SMILES string of the molecule is CC1=C(c2cccc3c2-c2ccccc2C32C3=c4c(c5ccccc5n4-c4ccccc42)=CCC3)CNC(c2ccccc2)C=C1c1ccccc1. The Hall–Kier alpha value is -5.96. The predicted octanol–water partition coefficient (Wildman–Crippen LogP) is 9.89. The maximum Gasteiger partial charge on any atom is 0.0717 e. The largest absolute Gasteiger partial charge is 0.309 e. The zero-order valence-corrected chi connectivity index (χ0v) is 29.2. The Morgan fingerprint density at radius 1 is 0.654 bits per heavy atom. The number of hydrogen-bond acceptors (Lipinski definition) is 1. The molecule has 11 rings (SSSR count). The average molecular weight is 667 g/mol. The van der Waals surface area contributed by atoms with E-state index in [0.717, 1.165) is 19.4 Å². The van der Waals surface area contributed by atoms with Gasteiger partial charge in [-0.15, -0.1) is 0 Å². The van der Waals surface area contributed by atoms with Gasteiger partial charge in [0.25, 0.3) is 0 Å². The smallest absolute Gasteiger partial charge is 0.0717 e. The first-order valence-corrected chi connectivity index (χ1v) is 18.7. The highest BCUT2D eigenvalue weighted by molar-refractivity contribution is 6.02. The second kappa shape index (κ2) is 11.3. The van der Waals surface area contributed by atoms with Gasteiger partial charge in [0.15, 0.2) is 0 Å². The topological polar surface area (TPSA) is 17.0 Å². The maximum atomic E-state index is 4.00. The number of nitrogens with one attached hydrogen (secondary N) is 1. The lowest BCUT2D eigenvalue weighted by Crippen LogP contribution is -2.46. The quantitative estimate of drug-likeness (QED) is 0.199. The van der Waals surface area contributed by atoms with Crippen molar-refractivity contribution < 1.29 is 0 Å². The summed E-state index contributed by atoms with van der Waals surface area (Å²) in [6.07, 6.45) is 7.00. The van der Waals surface area contributed by atoms with Crippen molar-refractivity contribution in [2.75, 3.05) is 6.54 Å². The van der Waals surface area contributed by atoms with Gasteiger partial charge in [0.05, 0.1) is 28.0 Å². The average Bonchev–Trinajstić information content (AvgIpc) is 3.64. The van der Waals surface area contributed by atoms with E-state index < -0.39 is 0 Å².